The van der Waals surface area contributed by atoms with Crippen molar-refractivity contribution in [3.63, 3.8) is 0 Å². The second kappa shape index (κ2) is 11.4. The summed E-state index contributed by atoms with van der Waals surface area (Å²) in [5.41, 5.74) is 1.99. The Bertz CT molecular complexity index is 1080. The Morgan fingerprint density at radius 1 is 0.857 bits per heavy atom. The Labute approximate surface area is 205 Å². The molecule has 3 aromatic carbocycles. The van der Waals surface area contributed by atoms with Crippen LogP contribution in [0.5, 0.6) is 11.5 Å². The molecule has 0 radical (unpaired) electrons. The number of carbonyl (C=O) groups is 1. The highest BCUT2D eigenvalue weighted by atomic mass is 16.6. The third-order valence-electron chi connectivity index (χ3n) is 6.37. The van der Waals surface area contributed by atoms with Crippen LogP contribution in [0.1, 0.15) is 12.0 Å². The van der Waals surface area contributed by atoms with Crippen molar-refractivity contribution in [3.05, 3.63) is 90.5 Å². The maximum atomic E-state index is 12.5. The first-order valence-corrected chi connectivity index (χ1v) is 12.2. The Kier molecular flexibility index (Phi) is 7.58. The van der Waals surface area contributed by atoms with E-state index in [4.69, 9.17) is 18.9 Å². The van der Waals surface area contributed by atoms with Crippen LogP contribution in [0.25, 0.3) is 0 Å². The fourth-order valence-electron chi connectivity index (χ4n) is 4.60. The van der Waals surface area contributed by atoms with Crippen molar-refractivity contribution in [1.82, 2.24) is 0 Å². The van der Waals surface area contributed by atoms with Crippen molar-refractivity contribution < 1.29 is 29.1 Å². The minimum absolute atomic E-state index is 0.0565. The number of carbonyl (C=O) groups excluding carboxylic acids is 1. The Hall–Kier alpha value is -3.39. The second-order valence-electron chi connectivity index (χ2n) is 8.88. The van der Waals surface area contributed by atoms with Crippen molar-refractivity contribution in [2.45, 2.75) is 37.2 Å². The van der Waals surface area contributed by atoms with Crippen LogP contribution in [-0.2, 0) is 20.6 Å². The topological polar surface area (TPSA) is 82.6 Å². The monoisotopic (exact) mass is 475 g/mol. The number of rotatable bonds is 9. The predicted molar refractivity (Wildman–Crippen MR) is 132 cm³/mol. The molecule has 4 atom stereocenters. The van der Waals surface area contributed by atoms with Gasteiger partial charge in [0, 0.05) is 12.1 Å². The van der Waals surface area contributed by atoms with Crippen molar-refractivity contribution in [2.75, 3.05) is 25.1 Å². The molecule has 182 valence electrons. The largest absolute Gasteiger partial charge is 0.457 e. The zero-order valence-electron chi connectivity index (χ0n) is 19.5. The normalized spacial score (nSPS) is 23.0. The molecule has 0 saturated carbocycles. The van der Waals surface area contributed by atoms with Crippen molar-refractivity contribution >= 4 is 11.8 Å². The molecule has 0 bridgehead atoms. The van der Waals surface area contributed by atoms with Crippen LogP contribution in [0, 0.1) is 0 Å². The highest BCUT2D eigenvalue weighted by molar-refractivity contribution is 5.84. The maximum Gasteiger partial charge on any atom is 0.412 e. The van der Waals surface area contributed by atoms with Gasteiger partial charge < -0.3 is 24.3 Å². The molecular formula is C28H31N2O5+. The van der Waals surface area contributed by atoms with E-state index in [1.54, 1.807) is 24.3 Å². The average molecular weight is 476 g/mol. The van der Waals surface area contributed by atoms with E-state index in [0.717, 1.165) is 25.1 Å². The van der Waals surface area contributed by atoms with Gasteiger partial charge in [-0.15, -0.1) is 0 Å². The fourth-order valence-corrected chi connectivity index (χ4v) is 4.60. The van der Waals surface area contributed by atoms with Crippen LogP contribution in [0.3, 0.4) is 0 Å². The summed E-state index contributed by atoms with van der Waals surface area (Å²) in [5, 5.41) is 5.07. The number of nitrogens with one attached hydrogen (secondary N) is 1. The summed E-state index contributed by atoms with van der Waals surface area (Å²) < 4.78 is 23.3. The van der Waals surface area contributed by atoms with Crippen LogP contribution < -0.4 is 15.4 Å². The number of ether oxygens (including phenoxy) is 4. The maximum absolute atomic E-state index is 12.5. The number of benzene rings is 3. The number of hydrogen-bond acceptors (Lipinski definition) is 5. The lowest BCUT2D eigenvalue weighted by Gasteiger charge is -2.17. The summed E-state index contributed by atoms with van der Waals surface area (Å²) in [4.78, 5) is 12.5. The van der Waals surface area contributed by atoms with Gasteiger partial charge in [0.05, 0.1) is 13.2 Å². The van der Waals surface area contributed by atoms with E-state index < -0.39 is 12.2 Å². The van der Waals surface area contributed by atoms with Crippen LogP contribution in [0.15, 0.2) is 84.9 Å². The van der Waals surface area contributed by atoms with Gasteiger partial charge in [0.2, 0.25) is 0 Å². The van der Waals surface area contributed by atoms with Gasteiger partial charge >= 0.3 is 6.09 Å². The van der Waals surface area contributed by atoms with E-state index in [9.17, 15) is 4.79 Å². The highest BCUT2D eigenvalue weighted by Gasteiger charge is 2.51. The van der Waals surface area contributed by atoms with E-state index in [2.05, 4.69) is 34.9 Å². The standard InChI is InChI=1S/C28H30N2O5/c31-28(30-21-13-15-23(16-14-21)34-22-11-5-2-6-12-22)35-25-19-33-26-24(18-32-27(25)26)29-17-7-10-20-8-3-1-4-9-20/h1-6,8-9,11-16,24-27,29H,7,10,17-19H2,(H,30,31)/p+1/t24-,25+,26+,27+/m0/s1. The van der Waals surface area contributed by atoms with Crippen LogP contribution in [0.2, 0.25) is 0 Å². The van der Waals surface area contributed by atoms with Crippen LogP contribution in [0.4, 0.5) is 10.5 Å². The molecule has 0 aliphatic carbocycles. The number of amides is 1. The van der Waals surface area contributed by atoms with Gasteiger partial charge in [-0.2, -0.15) is 0 Å². The number of anilines is 1. The first-order chi connectivity index (χ1) is 17.2. The van der Waals surface area contributed by atoms with Gasteiger partial charge in [-0.05, 0) is 48.4 Å². The van der Waals surface area contributed by atoms with Crippen molar-refractivity contribution in [3.8, 4) is 11.5 Å². The molecule has 2 heterocycles. The van der Waals surface area contributed by atoms with Gasteiger partial charge in [-0.25, -0.2) is 4.79 Å². The molecular weight excluding hydrogens is 444 g/mol. The van der Waals surface area contributed by atoms with E-state index in [1.807, 2.05) is 36.4 Å². The molecule has 2 fully saturated rings. The molecule has 2 saturated heterocycles. The number of quaternary nitrogens is 1. The lowest BCUT2D eigenvalue weighted by atomic mass is 10.1. The quantitative estimate of drug-likeness (QED) is 0.461. The zero-order chi connectivity index (χ0) is 23.9. The summed E-state index contributed by atoms with van der Waals surface area (Å²) in [6, 6.07) is 27.4. The summed E-state index contributed by atoms with van der Waals surface area (Å²) in [6.07, 6.45) is 0.940. The molecule has 2 aliphatic heterocycles. The van der Waals surface area contributed by atoms with Gasteiger partial charge in [-0.3, -0.25) is 5.32 Å². The summed E-state index contributed by atoms with van der Waals surface area (Å²) >= 11 is 0. The molecule has 7 nitrogen and oxygen atoms in total. The fraction of sp³-hybridized carbons (Fsp3) is 0.321. The van der Waals surface area contributed by atoms with E-state index in [1.165, 1.54) is 5.56 Å². The summed E-state index contributed by atoms with van der Waals surface area (Å²) in [5.74, 6) is 1.44. The molecule has 0 unspecified atom stereocenters. The Morgan fingerprint density at radius 2 is 1.54 bits per heavy atom. The average Bonchev–Trinajstić information content (AvgIpc) is 3.47. The van der Waals surface area contributed by atoms with E-state index in [-0.39, 0.29) is 18.2 Å². The molecule has 0 aromatic heterocycles. The lowest BCUT2D eigenvalue weighted by Crippen LogP contribution is -2.92. The molecule has 35 heavy (non-hydrogen) atoms. The van der Waals surface area contributed by atoms with Crippen molar-refractivity contribution in [2.24, 2.45) is 0 Å². The summed E-state index contributed by atoms with van der Waals surface area (Å²) in [7, 11) is 0. The second-order valence-corrected chi connectivity index (χ2v) is 8.88. The Balaban J connectivity index is 1.05. The third kappa shape index (κ3) is 6.19. The van der Waals surface area contributed by atoms with E-state index >= 15 is 0 Å². The molecule has 3 aromatic rings. The molecule has 1 amide bonds. The first-order valence-electron chi connectivity index (χ1n) is 12.2. The SMILES string of the molecule is O=C(Nc1ccc(Oc2ccccc2)cc1)O[C@@H]1CO[C@H]2[C@@H]1OC[C@@H]2[NH2+]CCCc1ccccc1. The molecule has 3 N–H and O–H groups in total. The minimum atomic E-state index is -0.519. The van der Waals surface area contributed by atoms with Gasteiger partial charge in [0.1, 0.15) is 36.4 Å². The minimum Gasteiger partial charge on any atom is -0.457 e. The van der Waals surface area contributed by atoms with Gasteiger partial charge in [0.25, 0.3) is 0 Å². The number of para-hydroxylation sites is 1. The Morgan fingerprint density at radius 3 is 2.31 bits per heavy atom. The molecule has 0 spiro atoms. The van der Waals surface area contributed by atoms with Gasteiger partial charge in [0.15, 0.2) is 6.10 Å². The van der Waals surface area contributed by atoms with Crippen molar-refractivity contribution in [1.29, 1.82) is 0 Å². The lowest BCUT2D eigenvalue weighted by molar-refractivity contribution is -0.693. The van der Waals surface area contributed by atoms with Crippen LogP contribution >= 0.6 is 0 Å². The first kappa shape index (κ1) is 23.4. The summed E-state index contributed by atoms with van der Waals surface area (Å²) in [6.45, 7) is 1.96. The molecule has 5 rings (SSSR count). The molecule has 7 heteroatoms. The smallest absolute Gasteiger partial charge is 0.412 e. The number of aryl methyl sites for hydroxylation is 1. The third-order valence-corrected chi connectivity index (χ3v) is 6.37. The zero-order valence-corrected chi connectivity index (χ0v) is 19.5. The van der Waals surface area contributed by atoms with Crippen LogP contribution in [-0.4, -0.2) is 50.2 Å². The number of nitrogens with two attached hydrogens (primary N) is 1. The van der Waals surface area contributed by atoms with Gasteiger partial charge in [-0.1, -0.05) is 48.5 Å². The number of hydrogen-bond donors (Lipinski definition) is 2. The molecule has 2 aliphatic rings. The predicted octanol–water partition coefficient (Wildman–Crippen LogP) is 3.76. The highest BCUT2D eigenvalue weighted by Crippen LogP contribution is 2.28. The number of fused-ring (bicyclic) bond motifs is 1. The van der Waals surface area contributed by atoms with E-state index in [0.29, 0.717) is 24.7 Å².